The lowest BCUT2D eigenvalue weighted by Crippen LogP contribution is -2.67. The van der Waals surface area contributed by atoms with Gasteiger partial charge in [0, 0.05) is 59.7 Å². The molecule has 262 valence electrons. The van der Waals surface area contributed by atoms with E-state index >= 15 is 4.39 Å². The van der Waals surface area contributed by atoms with E-state index in [1.807, 2.05) is 22.7 Å². The minimum atomic E-state index is -0.851. The van der Waals surface area contributed by atoms with Crippen LogP contribution in [0.2, 0.25) is 10.0 Å². The van der Waals surface area contributed by atoms with Crippen molar-refractivity contribution in [3.63, 3.8) is 0 Å². The Morgan fingerprint density at radius 1 is 1.20 bits per heavy atom. The number of nitrogens with zero attached hydrogens (tertiary/aromatic N) is 8. The van der Waals surface area contributed by atoms with Gasteiger partial charge in [0.05, 0.1) is 64.5 Å². The number of piperidine rings is 1. The summed E-state index contributed by atoms with van der Waals surface area (Å²) < 4.78 is 24.3. The number of aromatic amines is 1. The Bertz CT molecular complexity index is 2170. The van der Waals surface area contributed by atoms with E-state index in [0.29, 0.717) is 77.3 Å². The molecule has 14 heteroatoms. The molecule has 0 bridgehead atoms. The molecule has 0 saturated carbocycles. The van der Waals surface area contributed by atoms with Crippen LogP contribution >= 0.6 is 23.2 Å². The Balaban J connectivity index is 1.40. The topological polar surface area (TPSA) is 122 Å². The molecule has 2 aliphatic rings. The van der Waals surface area contributed by atoms with Crippen LogP contribution in [0.25, 0.3) is 43.8 Å². The number of H-pyrrole nitrogens is 1. The van der Waals surface area contributed by atoms with Crippen molar-refractivity contribution in [2.75, 3.05) is 52.3 Å². The highest BCUT2D eigenvalue weighted by Crippen LogP contribution is 2.46. The Labute approximate surface area is 299 Å². The molecule has 3 atom stereocenters. The average Bonchev–Trinajstić information content (AvgIpc) is 3.73. The summed E-state index contributed by atoms with van der Waals surface area (Å²) in [6.07, 6.45) is 7.54. The van der Waals surface area contributed by atoms with Gasteiger partial charge in [-0.25, -0.2) is 9.37 Å². The first-order valence-corrected chi connectivity index (χ1v) is 17.4. The lowest BCUT2D eigenvalue weighted by atomic mass is 9.90. The zero-order valence-electron chi connectivity index (χ0n) is 28.7. The maximum atomic E-state index is 17.3. The number of aromatic nitrogens is 5. The minimum Gasteiger partial charge on any atom is -0.381 e. The summed E-state index contributed by atoms with van der Waals surface area (Å²) in [6.45, 7) is 6.38. The number of ether oxygens (including phenoxy) is 1. The Morgan fingerprint density at radius 3 is 2.70 bits per heavy atom. The number of benzene rings is 2. The van der Waals surface area contributed by atoms with E-state index in [-0.39, 0.29) is 40.1 Å². The number of aliphatic hydroxyl groups is 1. The number of fused-ring (bicyclic) bond motifs is 4. The molecule has 5 heterocycles. The number of pyridine rings is 1. The second kappa shape index (κ2) is 13.4. The maximum absolute atomic E-state index is 17.3. The summed E-state index contributed by atoms with van der Waals surface area (Å²) in [5.74, 6) is 0.113. The predicted octanol–water partition coefficient (Wildman–Crippen LogP) is 6.46. The molecule has 7 rings (SSSR count). The standard InChI is InChI=1S/C36H40Cl2FN9O2/c1-20-26(37)15-28-24(16-41-44-28)30(20)31-27(38)14-23-33(32(31)39)43-35(46-18-36(2,19-46)45(3)4)25-17-42-48(34(23)25)22-9-11-47(21(13-22)8-10-40)29(49)7-6-12-50-5/h6-7,14-17,21-22,29,49H,8-9,11-13,18-19H2,1-5H3,(H,41,44)/b7-6+/t21-,22+,29?/m1/s1. The van der Waals surface area contributed by atoms with E-state index in [9.17, 15) is 10.4 Å². The quantitative estimate of drug-likeness (QED) is 0.165. The van der Waals surface area contributed by atoms with Gasteiger partial charge in [-0.15, -0.1) is 0 Å². The van der Waals surface area contributed by atoms with Crippen molar-refractivity contribution in [1.82, 2.24) is 34.8 Å². The summed E-state index contributed by atoms with van der Waals surface area (Å²) >= 11 is 13.7. The lowest BCUT2D eigenvalue weighted by molar-refractivity contribution is -0.0195. The minimum absolute atomic E-state index is 0.0661. The third-order valence-corrected chi connectivity index (χ3v) is 11.3. The molecule has 2 aliphatic heterocycles. The highest BCUT2D eigenvalue weighted by Gasteiger charge is 2.43. The first kappa shape index (κ1) is 34.6. The van der Waals surface area contributed by atoms with Crippen LogP contribution < -0.4 is 4.90 Å². The van der Waals surface area contributed by atoms with Gasteiger partial charge < -0.3 is 19.6 Å². The monoisotopic (exact) mass is 719 g/mol. The highest BCUT2D eigenvalue weighted by molar-refractivity contribution is 6.36. The van der Waals surface area contributed by atoms with Gasteiger partial charge in [-0.2, -0.15) is 15.5 Å². The molecular formula is C36H40Cl2FN9O2. The van der Waals surface area contributed by atoms with Gasteiger partial charge in [-0.05, 0) is 64.6 Å². The number of hydrogen-bond donors (Lipinski definition) is 2. The van der Waals surface area contributed by atoms with E-state index in [0.717, 1.165) is 10.9 Å². The number of anilines is 1. The largest absolute Gasteiger partial charge is 0.381 e. The van der Waals surface area contributed by atoms with Crippen molar-refractivity contribution >= 4 is 61.7 Å². The molecule has 0 radical (unpaired) electrons. The van der Waals surface area contributed by atoms with Crippen molar-refractivity contribution in [2.24, 2.45) is 0 Å². The van der Waals surface area contributed by atoms with Crippen LogP contribution in [0, 0.1) is 24.1 Å². The zero-order valence-corrected chi connectivity index (χ0v) is 30.2. The van der Waals surface area contributed by atoms with Crippen LogP contribution in [0.5, 0.6) is 0 Å². The molecule has 0 aliphatic carbocycles. The van der Waals surface area contributed by atoms with Crippen molar-refractivity contribution < 1.29 is 14.2 Å². The second-order valence-electron chi connectivity index (χ2n) is 13.9. The molecule has 2 fully saturated rings. The van der Waals surface area contributed by atoms with Crippen LogP contribution in [0.1, 0.15) is 37.8 Å². The first-order chi connectivity index (χ1) is 24.0. The van der Waals surface area contributed by atoms with E-state index in [1.54, 1.807) is 37.6 Å². The fraction of sp³-hybridized carbons (Fsp3) is 0.444. The normalized spacial score (nSPS) is 20.4. The van der Waals surface area contributed by atoms with E-state index in [1.165, 1.54) is 0 Å². The van der Waals surface area contributed by atoms with Gasteiger partial charge in [0.2, 0.25) is 0 Å². The fourth-order valence-electron chi connectivity index (χ4n) is 7.61. The Kier molecular flexibility index (Phi) is 9.26. The molecule has 2 saturated heterocycles. The number of hydrogen-bond acceptors (Lipinski definition) is 9. The summed E-state index contributed by atoms with van der Waals surface area (Å²) in [5.41, 5.74) is 3.00. The number of likely N-dealkylation sites (tertiary alicyclic amines) is 1. The molecule has 2 aromatic carbocycles. The average molecular weight is 721 g/mol. The molecule has 0 amide bonds. The highest BCUT2D eigenvalue weighted by atomic mass is 35.5. The molecule has 50 heavy (non-hydrogen) atoms. The van der Waals surface area contributed by atoms with Gasteiger partial charge in [0.25, 0.3) is 0 Å². The van der Waals surface area contributed by atoms with Crippen molar-refractivity contribution in [2.45, 2.75) is 57.0 Å². The molecular weight excluding hydrogens is 680 g/mol. The predicted molar refractivity (Wildman–Crippen MR) is 195 cm³/mol. The molecule has 11 nitrogen and oxygen atoms in total. The molecule has 1 unspecified atom stereocenters. The van der Waals surface area contributed by atoms with Crippen LogP contribution in [0.4, 0.5) is 10.2 Å². The summed E-state index contributed by atoms with van der Waals surface area (Å²) in [7, 11) is 5.72. The summed E-state index contributed by atoms with van der Waals surface area (Å²) in [5, 5.41) is 35.5. The molecule has 5 aromatic rings. The van der Waals surface area contributed by atoms with E-state index in [2.05, 4.69) is 47.1 Å². The number of rotatable bonds is 9. The van der Waals surface area contributed by atoms with E-state index in [4.69, 9.17) is 38.0 Å². The smallest absolute Gasteiger partial charge is 0.158 e. The Morgan fingerprint density at radius 2 is 1.98 bits per heavy atom. The Hall–Kier alpha value is -3.83. The van der Waals surface area contributed by atoms with Crippen LogP contribution in [0.15, 0.2) is 36.7 Å². The van der Waals surface area contributed by atoms with Gasteiger partial charge in [-0.1, -0.05) is 29.3 Å². The molecule has 3 aromatic heterocycles. The van der Waals surface area contributed by atoms with Crippen molar-refractivity contribution in [1.29, 1.82) is 5.26 Å². The second-order valence-corrected chi connectivity index (χ2v) is 14.7. The third-order valence-electron chi connectivity index (χ3n) is 10.7. The summed E-state index contributed by atoms with van der Waals surface area (Å²) in [4.78, 5) is 11.3. The van der Waals surface area contributed by atoms with Gasteiger partial charge in [-0.3, -0.25) is 14.7 Å². The number of aliphatic hydroxyl groups excluding tert-OH is 1. The van der Waals surface area contributed by atoms with Gasteiger partial charge in [0.1, 0.15) is 17.6 Å². The molecule has 2 N–H and O–H groups in total. The fourth-order valence-corrected chi connectivity index (χ4v) is 8.10. The lowest BCUT2D eigenvalue weighted by Gasteiger charge is -2.52. The summed E-state index contributed by atoms with van der Waals surface area (Å²) in [6, 6.07) is 5.51. The molecule has 0 spiro atoms. The third kappa shape index (κ3) is 5.70. The van der Waals surface area contributed by atoms with Crippen LogP contribution in [-0.2, 0) is 4.74 Å². The number of methoxy groups -OCH3 is 1. The first-order valence-electron chi connectivity index (χ1n) is 16.7. The number of nitriles is 1. The maximum Gasteiger partial charge on any atom is 0.158 e. The van der Waals surface area contributed by atoms with Gasteiger partial charge in [0.15, 0.2) is 5.82 Å². The number of likely N-dealkylation sites (N-methyl/N-ethyl adjacent to an activating group) is 1. The van der Waals surface area contributed by atoms with Crippen molar-refractivity contribution in [3.05, 3.63) is 58.1 Å². The van der Waals surface area contributed by atoms with Crippen LogP contribution in [0.3, 0.4) is 0 Å². The van der Waals surface area contributed by atoms with Gasteiger partial charge >= 0.3 is 0 Å². The zero-order chi connectivity index (χ0) is 35.5. The SMILES string of the molecule is COC/C=C/C(O)N1CC[C@H](n2ncc3c(N4CC(C)(N(C)C)C4)nc4c(F)c(-c5c(C)c(Cl)cc6[nH]ncc56)c(Cl)cc4c32)C[C@H]1CC#N. The van der Waals surface area contributed by atoms with E-state index < -0.39 is 12.0 Å². The van der Waals surface area contributed by atoms with Crippen LogP contribution in [-0.4, -0.2) is 105 Å². The van der Waals surface area contributed by atoms with Crippen molar-refractivity contribution in [3.8, 4) is 17.2 Å². The number of nitrogens with one attached hydrogen (secondary N) is 1. The number of halogens is 3.